The van der Waals surface area contributed by atoms with Gasteiger partial charge in [0.05, 0.1) is 31.5 Å². The molecular weight excluding hydrogens is 554 g/mol. The zero-order valence-corrected chi connectivity index (χ0v) is 27.5. The van der Waals surface area contributed by atoms with Gasteiger partial charge in [0.2, 0.25) is 5.79 Å². The van der Waals surface area contributed by atoms with Gasteiger partial charge >= 0.3 is 5.97 Å². The SMILES string of the molecule is COC1CC(CC(C)C(OC(=O)C2CCCCN2C(=O)C(=O)C2(O)OC(C(C)C)CCC2C)C(C)C)CCC1OCCO. The summed E-state index contributed by atoms with van der Waals surface area (Å²) in [5.41, 5.74) is 0. The number of nitrogens with zero attached hydrogens (tertiary/aromatic N) is 1. The molecule has 2 N–H and O–H groups in total. The third-order valence-electron chi connectivity index (χ3n) is 9.92. The Morgan fingerprint density at radius 1 is 1.00 bits per heavy atom. The lowest BCUT2D eigenvalue weighted by Crippen LogP contribution is -2.61. The summed E-state index contributed by atoms with van der Waals surface area (Å²) in [5.74, 6) is -4.50. The number of aliphatic hydroxyl groups is 2. The monoisotopic (exact) mass is 611 g/mol. The highest BCUT2D eigenvalue weighted by atomic mass is 16.6. The highest BCUT2D eigenvalue weighted by Crippen LogP contribution is 2.37. The van der Waals surface area contributed by atoms with Gasteiger partial charge in [-0.2, -0.15) is 0 Å². The molecule has 2 heterocycles. The van der Waals surface area contributed by atoms with Crippen LogP contribution in [-0.2, 0) is 33.3 Å². The number of rotatable bonds is 13. The number of piperidine rings is 1. The topological polar surface area (TPSA) is 132 Å². The summed E-state index contributed by atoms with van der Waals surface area (Å²) in [7, 11) is 1.69. The predicted octanol–water partition coefficient (Wildman–Crippen LogP) is 3.88. The van der Waals surface area contributed by atoms with Crippen LogP contribution >= 0.6 is 0 Å². The van der Waals surface area contributed by atoms with E-state index in [1.54, 1.807) is 14.0 Å². The van der Waals surface area contributed by atoms with Crippen molar-refractivity contribution in [3.63, 3.8) is 0 Å². The van der Waals surface area contributed by atoms with Crippen LogP contribution in [-0.4, -0.2) is 95.9 Å². The lowest BCUT2D eigenvalue weighted by atomic mass is 9.78. The quantitative estimate of drug-likeness (QED) is 0.235. The molecule has 0 bridgehead atoms. The number of carbonyl (C=O) groups excluding carboxylic acids is 3. The summed E-state index contributed by atoms with van der Waals surface area (Å²) in [6.07, 6.45) is 5.85. The number of ketones is 1. The van der Waals surface area contributed by atoms with Gasteiger partial charge in [0.1, 0.15) is 12.1 Å². The molecule has 0 aromatic rings. The van der Waals surface area contributed by atoms with E-state index >= 15 is 0 Å². The van der Waals surface area contributed by atoms with Gasteiger partial charge in [-0.25, -0.2) is 4.79 Å². The first kappa shape index (κ1) is 35.9. The average Bonchev–Trinajstić information content (AvgIpc) is 2.99. The second-order valence-electron chi connectivity index (χ2n) is 13.9. The molecule has 0 aromatic heterocycles. The van der Waals surface area contributed by atoms with Gasteiger partial charge in [0, 0.05) is 19.6 Å². The molecule has 2 aliphatic heterocycles. The molecule has 3 aliphatic rings. The van der Waals surface area contributed by atoms with Crippen LogP contribution in [0.3, 0.4) is 0 Å². The Bertz CT molecular complexity index is 926. The van der Waals surface area contributed by atoms with Crippen LogP contribution in [0, 0.1) is 29.6 Å². The molecule has 10 heteroatoms. The van der Waals surface area contributed by atoms with Crippen molar-refractivity contribution in [1.29, 1.82) is 0 Å². The minimum absolute atomic E-state index is 0.0145. The third kappa shape index (κ3) is 8.78. The summed E-state index contributed by atoms with van der Waals surface area (Å²) in [6.45, 7) is 12.3. The van der Waals surface area contributed by atoms with E-state index in [0.717, 1.165) is 32.1 Å². The Morgan fingerprint density at radius 3 is 2.35 bits per heavy atom. The zero-order chi connectivity index (χ0) is 31.9. The average molecular weight is 612 g/mol. The van der Waals surface area contributed by atoms with Gasteiger partial charge in [-0.05, 0) is 81.5 Å². The third-order valence-corrected chi connectivity index (χ3v) is 9.92. The van der Waals surface area contributed by atoms with Gasteiger partial charge < -0.3 is 34.1 Å². The number of amides is 1. The number of likely N-dealkylation sites (tertiary alicyclic amines) is 1. The normalized spacial score (nSPS) is 33.3. The molecule has 1 aliphatic carbocycles. The van der Waals surface area contributed by atoms with Gasteiger partial charge in [-0.15, -0.1) is 0 Å². The van der Waals surface area contributed by atoms with Crippen LogP contribution in [0.4, 0.5) is 0 Å². The number of ether oxygens (including phenoxy) is 4. The molecule has 9 atom stereocenters. The van der Waals surface area contributed by atoms with Crippen molar-refractivity contribution in [2.24, 2.45) is 29.6 Å². The minimum atomic E-state index is -2.20. The number of hydrogen-bond donors (Lipinski definition) is 2. The summed E-state index contributed by atoms with van der Waals surface area (Å²) >= 11 is 0. The molecule has 248 valence electrons. The van der Waals surface area contributed by atoms with Gasteiger partial charge in [0.15, 0.2) is 0 Å². The summed E-state index contributed by atoms with van der Waals surface area (Å²) in [5, 5.41) is 20.5. The van der Waals surface area contributed by atoms with Crippen LogP contribution in [0.1, 0.15) is 99.3 Å². The molecule has 10 nitrogen and oxygen atoms in total. The van der Waals surface area contributed by atoms with Crippen LogP contribution in [0.2, 0.25) is 0 Å². The smallest absolute Gasteiger partial charge is 0.329 e. The van der Waals surface area contributed by atoms with Crippen molar-refractivity contribution < 1.29 is 43.5 Å². The fourth-order valence-corrected chi connectivity index (χ4v) is 7.29. The molecule has 1 amide bonds. The molecule has 0 radical (unpaired) electrons. The molecular formula is C33H57NO9. The number of aliphatic hydroxyl groups excluding tert-OH is 1. The maximum absolute atomic E-state index is 13.7. The molecule has 0 aromatic carbocycles. The van der Waals surface area contributed by atoms with Crippen molar-refractivity contribution >= 4 is 17.7 Å². The fraction of sp³-hybridized carbons (Fsp3) is 0.909. The van der Waals surface area contributed by atoms with Crippen molar-refractivity contribution in [3.05, 3.63) is 0 Å². The van der Waals surface area contributed by atoms with Crippen LogP contribution in [0.25, 0.3) is 0 Å². The Labute approximate surface area is 258 Å². The van der Waals surface area contributed by atoms with E-state index in [9.17, 15) is 19.5 Å². The molecule has 3 fully saturated rings. The predicted molar refractivity (Wildman–Crippen MR) is 161 cm³/mol. The van der Waals surface area contributed by atoms with Gasteiger partial charge in [-0.1, -0.05) is 41.5 Å². The molecule has 1 saturated carbocycles. The molecule has 2 saturated heterocycles. The largest absolute Gasteiger partial charge is 0.460 e. The van der Waals surface area contributed by atoms with Crippen molar-refractivity contribution in [3.8, 4) is 0 Å². The zero-order valence-electron chi connectivity index (χ0n) is 27.5. The molecule has 9 unspecified atom stereocenters. The number of hydrogen-bond acceptors (Lipinski definition) is 9. The van der Waals surface area contributed by atoms with Crippen molar-refractivity contribution in [1.82, 2.24) is 4.90 Å². The van der Waals surface area contributed by atoms with E-state index in [2.05, 4.69) is 6.92 Å². The first-order chi connectivity index (χ1) is 20.3. The first-order valence-corrected chi connectivity index (χ1v) is 16.5. The maximum Gasteiger partial charge on any atom is 0.329 e. The Balaban J connectivity index is 1.67. The van der Waals surface area contributed by atoms with E-state index in [4.69, 9.17) is 24.1 Å². The Hall–Kier alpha value is -1.59. The van der Waals surface area contributed by atoms with Crippen LogP contribution < -0.4 is 0 Å². The van der Waals surface area contributed by atoms with Gasteiger partial charge in [-0.3, -0.25) is 9.59 Å². The molecule has 0 spiro atoms. The van der Waals surface area contributed by atoms with Crippen LogP contribution in [0.5, 0.6) is 0 Å². The molecule has 3 rings (SSSR count). The highest BCUT2D eigenvalue weighted by molar-refractivity contribution is 6.39. The summed E-state index contributed by atoms with van der Waals surface area (Å²) < 4.78 is 23.5. The Morgan fingerprint density at radius 2 is 1.72 bits per heavy atom. The van der Waals surface area contributed by atoms with Crippen molar-refractivity contribution in [2.45, 2.75) is 136 Å². The highest BCUT2D eigenvalue weighted by Gasteiger charge is 2.53. The summed E-state index contributed by atoms with van der Waals surface area (Å²) in [6, 6.07) is -0.876. The maximum atomic E-state index is 13.7. The van der Waals surface area contributed by atoms with Crippen LogP contribution in [0.15, 0.2) is 0 Å². The number of methoxy groups -OCH3 is 1. The second kappa shape index (κ2) is 16.1. The molecule has 43 heavy (non-hydrogen) atoms. The van der Waals surface area contributed by atoms with E-state index in [-0.39, 0.29) is 55.3 Å². The number of Topliss-reactive ketones (excluding diaryl/α,β-unsaturated/α-hetero) is 1. The van der Waals surface area contributed by atoms with E-state index in [0.29, 0.717) is 38.2 Å². The second-order valence-corrected chi connectivity index (χ2v) is 13.9. The summed E-state index contributed by atoms with van der Waals surface area (Å²) in [4.78, 5) is 42.1. The van der Waals surface area contributed by atoms with Gasteiger partial charge in [0.25, 0.3) is 11.7 Å². The lowest BCUT2D eigenvalue weighted by Gasteiger charge is -2.43. The first-order valence-electron chi connectivity index (χ1n) is 16.5. The standard InChI is InChI=1S/C33H57NO9/c1-20(2)26-13-11-23(6)33(39,43-26)30(36)31(37)34-15-9-8-10-25(34)32(38)42-29(21(3)4)22(5)18-24-12-14-27(41-17-16-35)28(19-24)40-7/h20-29,35,39H,8-19H2,1-7H3. The fourth-order valence-electron chi connectivity index (χ4n) is 7.29. The number of carbonyl (C=O) groups is 3. The minimum Gasteiger partial charge on any atom is -0.460 e. The Kier molecular flexibility index (Phi) is 13.4. The van der Waals surface area contributed by atoms with Crippen molar-refractivity contribution in [2.75, 3.05) is 26.9 Å². The number of esters is 1. The van der Waals surface area contributed by atoms with E-state index in [1.165, 1.54) is 4.90 Å². The van der Waals surface area contributed by atoms with E-state index < -0.39 is 35.4 Å². The van der Waals surface area contributed by atoms with E-state index in [1.807, 2.05) is 27.7 Å². The lowest BCUT2D eigenvalue weighted by molar-refractivity contribution is -0.269.